The highest BCUT2D eigenvalue weighted by Crippen LogP contribution is 2.39. The molecular weight excluding hydrogens is 498 g/mol. The van der Waals surface area contributed by atoms with Crippen LogP contribution in [0.15, 0.2) is 36.4 Å². The number of likely N-dealkylation sites (tertiary alicyclic amines) is 1. The van der Waals surface area contributed by atoms with Crippen LogP contribution in [0, 0.1) is 6.92 Å². The molecule has 0 unspecified atom stereocenters. The van der Waals surface area contributed by atoms with Gasteiger partial charge in [-0.1, -0.05) is 30.3 Å². The van der Waals surface area contributed by atoms with Gasteiger partial charge < -0.3 is 19.5 Å². The Hall–Kier alpha value is -3.83. The Balaban J connectivity index is 1.63. The molecule has 1 saturated heterocycles. The number of nitrogens with zero attached hydrogens (tertiary/aromatic N) is 2. The fourth-order valence-electron chi connectivity index (χ4n) is 4.20. The van der Waals surface area contributed by atoms with Gasteiger partial charge in [0, 0.05) is 24.6 Å². The number of benzene rings is 1. The standard InChI is InChI=1S/C26H27N3O7S/c1-4-35-25(32)22-21(20-17(14-34-3)12-15(2)27-24(20)37-22)28-23(31)18-10-11-19(30)29(18)26(33)36-13-16-8-6-5-7-9-16/h5-9,12,18H,4,10-11,13-14H2,1-3H3,(H,28,31)/t18-/m1/s1. The van der Waals surface area contributed by atoms with Gasteiger partial charge in [-0.25, -0.2) is 19.5 Å². The maximum absolute atomic E-state index is 13.4. The van der Waals surface area contributed by atoms with Crippen molar-refractivity contribution in [1.29, 1.82) is 0 Å². The molecule has 1 aromatic carbocycles. The Kier molecular flexibility index (Phi) is 8.14. The van der Waals surface area contributed by atoms with Crippen LogP contribution in [0.2, 0.25) is 0 Å². The lowest BCUT2D eigenvalue weighted by molar-refractivity contribution is -0.131. The number of imide groups is 1. The summed E-state index contributed by atoms with van der Waals surface area (Å²) in [5.74, 6) is -1.73. The van der Waals surface area contributed by atoms with Crippen molar-refractivity contribution in [2.45, 2.75) is 45.9 Å². The molecule has 0 bridgehead atoms. The van der Waals surface area contributed by atoms with Gasteiger partial charge in [-0.3, -0.25) is 9.59 Å². The number of thiophene rings is 1. The van der Waals surface area contributed by atoms with Crippen molar-refractivity contribution in [2.24, 2.45) is 0 Å². The Labute approximate surface area is 217 Å². The first-order valence-electron chi connectivity index (χ1n) is 11.8. The first-order chi connectivity index (χ1) is 17.8. The van der Waals surface area contributed by atoms with Crippen molar-refractivity contribution in [3.05, 3.63) is 58.1 Å². The van der Waals surface area contributed by atoms with E-state index in [1.165, 1.54) is 0 Å². The van der Waals surface area contributed by atoms with Gasteiger partial charge in [0.15, 0.2) is 0 Å². The second-order valence-electron chi connectivity index (χ2n) is 8.41. The van der Waals surface area contributed by atoms with Crippen LogP contribution < -0.4 is 5.32 Å². The highest BCUT2D eigenvalue weighted by atomic mass is 32.1. The monoisotopic (exact) mass is 525 g/mol. The average molecular weight is 526 g/mol. The first kappa shape index (κ1) is 26.2. The third kappa shape index (κ3) is 5.62. The average Bonchev–Trinajstić information content (AvgIpc) is 3.44. The van der Waals surface area contributed by atoms with Crippen LogP contribution in [0.25, 0.3) is 10.2 Å². The number of aryl methyl sites for hydroxylation is 1. The van der Waals surface area contributed by atoms with Gasteiger partial charge in [0.1, 0.15) is 22.4 Å². The second kappa shape index (κ2) is 11.5. The van der Waals surface area contributed by atoms with E-state index in [1.807, 2.05) is 19.1 Å². The molecule has 0 radical (unpaired) electrons. The summed E-state index contributed by atoms with van der Waals surface area (Å²) >= 11 is 1.10. The Morgan fingerprint density at radius 2 is 1.92 bits per heavy atom. The predicted octanol–water partition coefficient (Wildman–Crippen LogP) is 4.19. The quantitative estimate of drug-likeness (QED) is 0.434. The van der Waals surface area contributed by atoms with E-state index in [2.05, 4.69) is 10.3 Å². The van der Waals surface area contributed by atoms with Gasteiger partial charge in [0.05, 0.1) is 18.9 Å². The SMILES string of the molecule is CCOC(=O)c1sc2nc(C)cc(COC)c2c1NC(=O)[C@H]1CCC(=O)N1C(=O)OCc1ccccc1. The number of amides is 3. The van der Waals surface area contributed by atoms with E-state index in [1.54, 1.807) is 38.3 Å². The molecule has 3 amide bonds. The summed E-state index contributed by atoms with van der Waals surface area (Å²) in [6, 6.07) is 9.75. The Morgan fingerprint density at radius 1 is 1.16 bits per heavy atom. The number of anilines is 1. The lowest BCUT2D eigenvalue weighted by Crippen LogP contribution is -2.45. The van der Waals surface area contributed by atoms with E-state index in [4.69, 9.17) is 14.2 Å². The van der Waals surface area contributed by atoms with Crippen molar-refractivity contribution < 1.29 is 33.4 Å². The fraction of sp³-hybridized carbons (Fsp3) is 0.346. The van der Waals surface area contributed by atoms with Gasteiger partial charge in [-0.15, -0.1) is 11.3 Å². The maximum Gasteiger partial charge on any atom is 0.417 e. The number of hydrogen-bond acceptors (Lipinski definition) is 9. The van der Waals surface area contributed by atoms with Crippen LogP contribution in [-0.4, -0.2) is 53.5 Å². The van der Waals surface area contributed by atoms with Gasteiger partial charge in [-0.05, 0) is 37.5 Å². The first-order valence-corrected chi connectivity index (χ1v) is 12.6. The molecule has 1 N–H and O–H groups in total. The molecule has 0 spiro atoms. The van der Waals surface area contributed by atoms with Crippen molar-refractivity contribution in [1.82, 2.24) is 9.88 Å². The molecule has 1 atom stereocenters. The number of carbonyl (C=O) groups is 4. The molecule has 1 fully saturated rings. The van der Waals surface area contributed by atoms with E-state index >= 15 is 0 Å². The summed E-state index contributed by atoms with van der Waals surface area (Å²) in [5, 5.41) is 3.34. The van der Waals surface area contributed by atoms with E-state index in [9.17, 15) is 19.2 Å². The number of ether oxygens (including phenoxy) is 3. The van der Waals surface area contributed by atoms with Crippen LogP contribution in [0.4, 0.5) is 10.5 Å². The number of pyridine rings is 1. The van der Waals surface area contributed by atoms with Crippen molar-refractivity contribution in [3.8, 4) is 0 Å². The summed E-state index contributed by atoms with van der Waals surface area (Å²) in [4.78, 5) is 57.6. The molecule has 11 heteroatoms. The van der Waals surface area contributed by atoms with E-state index in [0.29, 0.717) is 10.2 Å². The summed E-state index contributed by atoms with van der Waals surface area (Å²) in [5.41, 5.74) is 2.43. The summed E-state index contributed by atoms with van der Waals surface area (Å²) in [7, 11) is 1.54. The van der Waals surface area contributed by atoms with Crippen LogP contribution in [0.1, 0.15) is 46.3 Å². The Morgan fingerprint density at radius 3 is 2.62 bits per heavy atom. The molecule has 2 aromatic heterocycles. The lowest BCUT2D eigenvalue weighted by atomic mass is 10.1. The maximum atomic E-state index is 13.4. The fourth-order valence-corrected chi connectivity index (χ4v) is 5.31. The summed E-state index contributed by atoms with van der Waals surface area (Å²) < 4.78 is 15.9. The predicted molar refractivity (Wildman–Crippen MR) is 136 cm³/mol. The summed E-state index contributed by atoms with van der Waals surface area (Å²) in [6.45, 7) is 3.85. The minimum Gasteiger partial charge on any atom is -0.462 e. The lowest BCUT2D eigenvalue weighted by Gasteiger charge is -2.22. The number of methoxy groups -OCH3 is 1. The molecule has 1 aliphatic heterocycles. The number of rotatable bonds is 8. The Bertz CT molecular complexity index is 1340. The third-order valence-electron chi connectivity index (χ3n) is 5.80. The minimum absolute atomic E-state index is 0.0172. The molecule has 10 nitrogen and oxygen atoms in total. The molecule has 0 aliphatic carbocycles. The van der Waals surface area contributed by atoms with E-state index in [-0.39, 0.29) is 43.2 Å². The molecule has 3 aromatic rings. The zero-order valence-electron chi connectivity index (χ0n) is 20.7. The number of fused-ring (bicyclic) bond motifs is 1. The zero-order valence-corrected chi connectivity index (χ0v) is 21.6. The van der Waals surface area contributed by atoms with Crippen LogP contribution >= 0.6 is 11.3 Å². The highest BCUT2D eigenvalue weighted by molar-refractivity contribution is 7.21. The second-order valence-corrected chi connectivity index (χ2v) is 9.41. The van der Waals surface area contributed by atoms with Crippen molar-refractivity contribution >= 4 is 51.1 Å². The highest BCUT2D eigenvalue weighted by Gasteiger charge is 2.42. The molecule has 4 rings (SSSR count). The normalized spacial score (nSPS) is 15.2. The van der Waals surface area contributed by atoms with Crippen LogP contribution in [0.5, 0.6) is 0 Å². The smallest absolute Gasteiger partial charge is 0.417 e. The number of esters is 1. The number of hydrogen-bond donors (Lipinski definition) is 1. The van der Waals surface area contributed by atoms with E-state index < -0.39 is 29.9 Å². The number of carbonyl (C=O) groups excluding carboxylic acids is 4. The van der Waals surface area contributed by atoms with Crippen LogP contribution in [0.3, 0.4) is 0 Å². The number of aromatic nitrogens is 1. The van der Waals surface area contributed by atoms with Gasteiger partial charge in [0.25, 0.3) is 0 Å². The van der Waals surface area contributed by atoms with Crippen molar-refractivity contribution in [2.75, 3.05) is 19.0 Å². The van der Waals surface area contributed by atoms with Gasteiger partial charge in [-0.2, -0.15) is 0 Å². The molecule has 1 aliphatic rings. The molecule has 0 saturated carbocycles. The van der Waals surface area contributed by atoms with Gasteiger partial charge in [0.2, 0.25) is 11.8 Å². The number of nitrogens with one attached hydrogen (secondary N) is 1. The largest absolute Gasteiger partial charge is 0.462 e. The zero-order chi connectivity index (χ0) is 26.5. The van der Waals surface area contributed by atoms with Crippen molar-refractivity contribution in [3.63, 3.8) is 0 Å². The molecule has 194 valence electrons. The topological polar surface area (TPSA) is 124 Å². The molecule has 37 heavy (non-hydrogen) atoms. The molecule has 3 heterocycles. The van der Waals surface area contributed by atoms with Gasteiger partial charge >= 0.3 is 12.1 Å². The van der Waals surface area contributed by atoms with Crippen LogP contribution in [-0.2, 0) is 37.0 Å². The van der Waals surface area contributed by atoms with E-state index in [0.717, 1.165) is 33.1 Å². The summed E-state index contributed by atoms with van der Waals surface area (Å²) in [6.07, 6.45) is -0.752. The minimum atomic E-state index is -1.09. The molecular formula is C26H27N3O7S. The third-order valence-corrected chi connectivity index (χ3v) is 6.86.